The zero-order valence-corrected chi connectivity index (χ0v) is 19.2. The summed E-state index contributed by atoms with van der Waals surface area (Å²) in [4.78, 5) is 20.7. The van der Waals surface area contributed by atoms with Crippen LogP contribution >= 0.6 is 11.3 Å². The Labute approximate surface area is 199 Å². The molecule has 0 fully saturated rings. The molecule has 9 heteroatoms. The third kappa shape index (κ3) is 4.46. The summed E-state index contributed by atoms with van der Waals surface area (Å²) < 4.78 is 8.84. The number of aromatic nitrogens is 4. The summed E-state index contributed by atoms with van der Waals surface area (Å²) in [6.07, 6.45) is 2.97. The van der Waals surface area contributed by atoms with Gasteiger partial charge in [-0.3, -0.25) is 4.79 Å². The number of amides is 1. The summed E-state index contributed by atoms with van der Waals surface area (Å²) in [5.74, 6) is 0.887. The Bertz CT molecular complexity index is 1470. The third-order valence-electron chi connectivity index (χ3n) is 5.46. The van der Waals surface area contributed by atoms with Crippen LogP contribution in [0.2, 0.25) is 0 Å². The van der Waals surface area contributed by atoms with E-state index in [1.54, 1.807) is 47.7 Å². The number of nitrogens with zero attached hydrogens (tertiary/aromatic N) is 4. The highest BCUT2D eigenvalue weighted by molar-refractivity contribution is 7.09. The van der Waals surface area contributed by atoms with Gasteiger partial charge in [-0.2, -0.15) is 4.73 Å². The van der Waals surface area contributed by atoms with Gasteiger partial charge in [0, 0.05) is 23.1 Å². The number of carbonyl (C=O) groups excluding carboxylic acids is 1. The van der Waals surface area contributed by atoms with E-state index in [-0.39, 0.29) is 6.61 Å². The van der Waals surface area contributed by atoms with Crippen LogP contribution in [-0.4, -0.2) is 20.4 Å². The highest BCUT2D eigenvalue weighted by atomic mass is 32.1. The summed E-state index contributed by atoms with van der Waals surface area (Å²) in [5.41, 5.74) is 10.4. The van der Waals surface area contributed by atoms with Gasteiger partial charge >= 0.3 is 0 Å². The fraction of sp³-hybridized carbons (Fsp3) is 0.120. The van der Waals surface area contributed by atoms with Crippen LogP contribution in [0.4, 0.5) is 0 Å². The minimum absolute atomic E-state index is 0.241. The van der Waals surface area contributed by atoms with Crippen molar-refractivity contribution in [1.29, 1.82) is 0 Å². The van der Waals surface area contributed by atoms with Crippen molar-refractivity contribution in [3.05, 3.63) is 99.7 Å². The van der Waals surface area contributed by atoms with Gasteiger partial charge in [0.15, 0.2) is 12.4 Å². The number of benzene rings is 2. The lowest BCUT2D eigenvalue weighted by atomic mass is 10.1. The van der Waals surface area contributed by atoms with E-state index < -0.39 is 5.91 Å². The van der Waals surface area contributed by atoms with Crippen molar-refractivity contribution >= 4 is 28.3 Å². The Kier molecular flexibility index (Phi) is 5.69. The van der Waals surface area contributed by atoms with Crippen LogP contribution in [0, 0.1) is 12.1 Å². The van der Waals surface area contributed by atoms with E-state index in [1.807, 2.05) is 24.4 Å². The van der Waals surface area contributed by atoms with E-state index in [0.717, 1.165) is 43.4 Å². The number of aryl methyl sites for hydroxylation is 1. The highest BCUT2D eigenvalue weighted by Gasteiger charge is 2.15. The number of fused-ring (bicyclic) bond motifs is 1. The predicted octanol–water partition coefficient (Wildman–Crippen LogP) is 3.83. The molecular weight excluding hydrogens is 450 g/mol. The molecule has 34 heavy (non-hydrogen) atoms. The minimum atomic E-state index is -0.480. The number of hydrogen-bond acceptors (Lipinski definition) is 6. The topological polar surface area (TPSA) is 110 Å². The summed E-state index contributed by atoms with van der Waals surface area (Å²) >= 11 is 1.61. The van der Waals surface area contributed by atoms with Crippen LogP contribution in [0.15, 0.2) is 72.4 Å². The molecule has 2 N–H and O–H groups in total. The molecule has 3 heterocycles. The normalized spacial score (nSPS) is 11.1. The minimum Gasteiger partial charge on any atom is -0.619 e. The van der Waals surface area contributed by atoms with Crippen molar-refractivity contribution in [2.75, 3.05) is 0 Å². The SMILES string of the molecule is Cc1nc(Cn2c(COc3ccc(C(N)=O)cc3)nc3ccc(-c4cc[n+]([O-])cc4)cc32)cs1. The largest absolute Gasteiger partial charge is 0.619 e. The number of imidazole rings is 1. The van der Waals surface area contributed by atoms with Gasteiger partial charge in [0.05, 0.1) is 28.3 Å². The van der Waals surface area contributed by atoms with Gasteiger partial charge in [0.2, 0.25) is 5.91 Å². The first kappa shape index (κ1) is 21.6. The molecule has 0 bridgehead atoms. The lowest BCUT2D eigenvalue weighted by Crippen LogP contribution is -2.23. The molecular formula is C25H21N5O3S. The van der Waals surface area contributed by atoms with Gasteiger partial charge in [-0.15, -0.1) is 11.3 Å². The lowest BCUT2D eigenvalue weighted by Gasteiger charge is -2.10. The van der Waals surface area contributed by atoms with Crippen molar-refractivity contribution in [2.45, 2.75) is 20.1 Å². The zero-order chi connectivity index (χ0) is 23.7. The molecule has 5 aromatic rings. The molecule has 0 aliphatic carbocycles. The van der Waals surface area contributed by atoms with E-state index in [0.29, 0.717) is 17.9 Å². The fourth-order valence-electron chi connectivity index (χ4n) is 3.75. The van der Waals surface area contributed by atoms with Crippen LogP contribution in [0.1, 0.15) is 26.9 Å². The smallest absolute Gasteiger partial charge is 0.248 e. The molecule has 8 nitrogen and oxygen atoms in total. The van der Waals surface area contributed by atoms with Crippen LogP contribution < -0.4 is 15.2 Å². The summed E-state index contributed by atoms with van der Waals surface area (Å²) in [6.45, 7) is 2.78. The number of primary amides is 1. The molecule has 0 aliphatic rings. The zero-order valence-electron chi connectivity index (χ0n) is 18.3. The molecule has 0 unspecified atom stereocenters. The Balaban J connectivity index is 1.50. The van der Waals surface area contributed by atoms with E-state index >= 15 is 0 Å². The molecule has 0 radical (unpaired) electrons. The van der Waals surface area contributed by atoms with Crippen LogP contribution in [-0.2, 0) is 13.2 Å². The molecule has 1 amide bonds. The summed E-state index contributed by atoms with van der Waals surface area (Å²) in [7, 11) is 0. The molecule has 0 spiro atoms. The molecule has 2 aromatic carbocycles. The Morgan fingerprint density at radius 3 is 2.53 bits per heavy atom. The first-order chi connectivity index (χ1) is 16.5. The van der Waals surface area contributed by atoms with E-state index in [9.17, 15) is 10.0 Å². The molecule has 0 aliphatic heterocycles. The van der Waals surface area contributed by atoms with Gasteiger partial charge in [0.25, 0.3) is 0 Å². The second kappa shape index (κ2) is 8.95. The lowest BCUT2D eigenvalue weighted by molar-refractivity contribution is -0.605. The van der Waals surface area contributed by atoms with Crippen molar-refractivity contribution < 1.29 is 14.3 Å². The molecule has 170 valence electrons. The molecule has 5 rings (SSSR count). The van der Waals surface area contributed by atoms with Gasteiger partial charge in [-0.05, 0) is 54.4 Å². The second-order valence-corrected chi connectivity index (χ2v) is 8.86. The maximum atomic E-state index is 11.4. The number of nitrogens with two attached hydrogens (primary N) is 1. The standard InChI is InChI=1S/C25H21N5O3S/c1-16-27-20(15-34-16)13-30-23-12-19(17-8-10-29(32)11-9-17)4-7-22(23)28-24(30)14-33-21-5-2-18(3-6-21)25(26)31/h2-12,15H,13-14H2,1H3,(H2,26,31). The van der Waals surface area contributed by atoms with Gasteiger partial charge in [-0.1, -0.05) is 6.07 Å². The Morgan fingerprint density at radius 1 is 1.09 bits per heavy atom. The first-order valence-corrected chi connectivity index (χ1v) is 11.5. The molecule has 3 aromatic heterocycles. The average Bonchev–Trinajstić information content (AvgIpc) is 3.41. The number of hydrogen-bond donors (Lipinski definition) is 1. The maximum absolute atomic E-state index is 11.4. The van der Waals surface area contributed by atoms with Crippen molar-refractivity contribution in [1.82, 2.24) is 14.5 Å². The maximum Gasteiger partial charge on any atom is 0.248 e. The van der Waals surface area contributed by atoms with Gasteiger partial charge in [-0.25, -0.2) is 9.97 Å². The average molecular weight is 472 g/mol. The van der Waals surface area contributed by atoms with Crippen molar-refractivity contribution in [3.63, 3.8) is 0 Å². The Hall–Kier alpha value is -4.24. The fourth-order valence-corrected chi connectivity index (χ4v) is 4.35. The molecule has 0 saturated heterocycles. The first-order valence-electron chi connectivity index (χ1n) is 10.6. The molecule has 0 atom stereocenters. The van der Waals surface area contributed by atoms with Crippen LogP contribution in [0.25, 0.3) is 22.2 Å². The summed E-state index contributed by atoms with van der Waals surface area (Å²) in [5, 5.41) is 14.5. The molecule has 0 saturated carbocycles. The Morgan fingerprint density at radius 2 is 1.85 bits per heavy atom. The number of rotatable bonds is 7. The van der Waals surface area contributed by atoms with Crippen molar-refractivity contribution in [3.8, 4) is 16.9 Å². The van der Waals surface area contributed by atoms with Gasteiger partial charge < -0.3 is 20.2 Å². The van der Waals surface area contributed by atoms with Crippen molar-refractivity contribution in [2.24, 2.45) is 5.73 Å². The monoisotopic (exact) mass is 471 g/mol. The second-order valence-electron chi connectivity index (χ2n) is 7.80. The summed E-state index contributed by atoms with van der Waals surface area (Å²) in [6, 6.07) is 16.3. The number of ether oxygens (including phenoxy) is 1. The van der Waals surface area contributed by atoms with E-state index in [2.05, 4.69) is 15.6 Å². The van der Waals surface area contributed by atoms with Gasteiger partial charge in [0.1, 0.15) is 18.2 Å². The highest BCUT2D eigenvalue weighted by Crippen LogP contribution is 2.26. The predicted molar refractivity (Wildman–Crippen MR) is 129 cm³/mol. The van der Waals surface area contributed by atoms with E-state index in [1.165, 1.54) is 12.4 Å². The number of thiazole rings is 1. The number of carbonyl (C=O) groups is 1. The van der Waals surface area contributed by atoms with Crippen LogP contribution in [0.3, 0.4) is 0 Å². The van der Waals surface area contributed by atoms with E-state index in [4.69, 9.17) is 15.5 Å². The number of pyridine rings is 1. The quantitative estimate of drug-likeness (QED) is 0.287. The third-order valence-corrected chi connectivity index (χ3v) is 6.28. The van der Waals surface area contributed by atoms with Crippen LogP contribution in [0.5, 0.6) is 5.75 Å².